The van der Waals surface area contributed by atoms with Crippen molar-refractivity contribution in [2.75, 3.05) is 19.7 Å². The van der Waals surface area contributed by atoms with Gasteiger partial charge in [0.15, 0.2) is 0 Å². The van der Waals surface area contributed by atoms with E-state index in [4.69, 9.17) is 16.3 Å². The van der Waals surface area contributed by atoms with Crippen molar-refractivity contribution in [2.45, 2.75) is 19.8 Å². The number of hydrogen-bond acceptors (Lipinski definition) is 3. The van der Waals surface area contributed by atoms with E-state index in [9.17, 15) is 4.79 Å². The van der Waals surface area contributed by atoms with E-state index in [1.54, 1.807) is 6.92 Å². The molecule has 0 rings (SSSR count). The Morgan fingerprint density at radius 2 is 2.38 bits per heavy atom. The summed E-state index contributed by atoms with van der Waals surface area (Å²) in [6, 6.07) is 0. The van der Waals surface area contributed by atoms with Crippen LogP contribution in [0.3, 0.4) is 0 Å². The van der Waals surface area contributed by atoms with Gasteiger partial charge in [0.05, 0.1) is 6.61 Å². The number of hydrogen-bond donors (Lipinski definition) is 1. The Morgan fingerprint density at radius 3 is 3.00 bits per heavy atom. The van der Waals surface area contributed by atoms with Gasteiger partial charge in [-0.15, -0.1) is 0 Å². The summed E-state index contributed by atoms with van der Waals surface area (Å²) in [4.78, 5) is 10.8. The minimum absolute atomic E-state index is 0.128. The van der Waals surface area contributed by atoms with E-state index in [1.807, 2.05) is 6.08 Å². The molecule has 0 saturated heterocycles. The molecule has 4 heteroatoms. The quantitative estimate of drug-likeness (QED) is 0.508. The van der Waals surface area contributed by atoms with Crippen LogP contribution in [0.25, 0.3) is 0 Å². The molecule has 3 nitrogen and oxygen atoms in total. The predicted molar refractivity (Wildman–Crippen MR) is 53.7 cm³/mol. The molecule has 0 aromatic carbocycles. The molecule has 0 bridgehead atoms. The second-order valence-electron chi connectivity index (χ2n) is 2.47. The highest BCUT2D eigenvalue weighted by Crippen LogP contribution is 1.90. The van der Waals surface area contributed by atoms with Crippen molar-refractivity contribution in [3.63, 3.8) is 0 Å². The van der Waals surface area contributed by atoms with Gasteiger partial charge >= 0.3 is 5.97 Å². The number of carbonyl (C=O) groups is 1. The Morgan fingerprint density at radius 1 is 1.62 bits per heavy atom. The van der Waals surface area contributed by atoms with E-state index < -0.39 is 0 Å². The molecule has 0 atom stereocenters. The average molecular weight is 206 g/mol. The largest absolute Gasteiger partial charge is 0.466 e. The lowest BCUT2D eigenvalue weighted by Crippen LogP contribution is -2.16. The molecule has 0 unspecified atom stereocenters. The lowest BCUT2D eigenvalue weighted by Gasteiger charge is -2.01. The highest BCUT2D eigenvalue weighted by atomic mass is 35.5. The van der Waals surface area contributed by atoms with Gasteiger partial charge in [0.2, 0.25) is 0 Å². The summed E-state index contributed by atoms with van der Waals surface area (Å²) in [5, 5.41) is 3.10. The number of ether oxygens (including phenoxy) is 1. The van der Waals surface area contributed by atoms with Crippen molar-refractivity contribution in [3.8, 4) is 0 Å². The molecule has 13 heavy (non-hydrogen) atoms. The molecule has 0 spiro atoms. The Labute approximate surface area is 84.1 Å². The number of carbonyl (C=O) groups excluding carboxylic acids is 1. The van der Waals surface area contributed by atoms with Gasteiger partial charge in [-0.05, 0) is 19.9 Å². The van der Waals surface area contributed by atoms with Gasteiger partial charge in [0.1, 0.15) is 0 Å². The molecule has 0 radical (unpaired) electrons. The van der Waals surface area contributed by atoms with Crippen LogP contribution in [0, 0.1) is 0 Å². The number of nitrogens with one attached hydrogen (secondary N) is 1. The Hall–Kier alpha value is -0.540. The van der Waals surface area contributed by atoms with Crippen molar-refractivity contribution in [3.05, 3.63) is 11.6 Å². The van der Waals surface area contributed by atoms with Crippen LogP contribution in [0.4, 0.5) is 0 Å². The first-order valence-electron chi connectivity index (χ1n) is 4.42. The van der Waals surface area contributed by atoms with Crippen LogP contribution in [0.1, 0.15) is 19.8 Å². The molecule has 0 aliphatic heterocycles. The van der Waals surface area contributed by atoms with Gasteiger partial charge < -0.3 is 10.1 Å². The highest BCUT2D eigenvalue weighted by molar-refractivity contribution is 6.25. The zero-order valence-electron chi connectivity index (χ0n) is 7.88. The van der Waals surface area contributed by atoms with Crippen LogP contribution in [0.2, 0.25) is 0 Å². The monoisotopic (exact) mass is 205 g/mol. The molecule has 0 heterocycles. The second kappa shape index (κ2) is 9.55. The summed E-state index contributed by atoms with van der Waals surface area (Å²) in [5.74, 6) is -0.128. The molecule has 0 aromatic heterocycles. The molecule has 0 aliphatic carbocycles. The first-order valence-corrected chi connectivity index (χ1v) is 4.86. The van der Waals surface area contributed by atoms with E-state index in [-0.39, 0.29) is 5.97 Å². The van der Waals surface area contributed by atoms with Gasteiger partial charge in [-0.25, -0.2) is 0 Å². The zero-order valence-corrected chi connectivity index (χ0v) is 8.64. The van der Waals surface area contributed by atoms with Gasteiger partial charge in [-0.1, -0.05) is 17.7 Å². The van der Waals surface area contributed by atoms with Crippen LogP contribution >= 0.6 is 11.6 Å². The lowest BCUT2D eigenvalue weighted by atomic mass is 10.3. The molecular formula is C9H16ClNO2. The average Bonchev–Trinajstić information content (AvgIpc) is 2.11. The van der Waals surface area contributed by atoms with Crippen LogP contribution in [0.15, 0.2) is 11.6 Å². The molecule has 0 aromatic rings. The molecule has 0 fully saturated rings. The summed E-state index contributed by atoms with van der Waals surface area (Å²) < 4.78 is 4.77. The van der Waals surface area contributed by atoms with Crippen molar-refractivity contribution < 1.29 is 9.53 Å². The minimum atomic E-state index is -0.128. The fraction of sp³-hybridized carbons (Fsp3) is 0.667. The lowest BCUT2D eigenvalue weighted by molar-refractivity contribution is -0.143. The molecule has 1 N–H and O–H groups in total. The van der Waals surface area contributed by atoms with Crippen LogP contribution in [-0.2, 0) is 9.53 Å². The Kier molecular flexibility index (Phi) is 9.15. The first kappa shape index (κ1) is 12.5. The third-order valence-corrected chi connectivity index (χ3v) is 1.57. The van der Waals surface area contributed by atoms with Gasteiger partial charge in [0, 0.05) is 18.5 Å². The maximum Gasteiger partial charge on any atom is 0.305 e. The summed E-state index contributed by atoms with van der Waals surface area (Å²) in [5.41, 5.74) is 1.47. The van der Waals surface area contributed by atoms with Crippen LogP contribution in [-0.4, -0.2) is 25.7 Å². The first-order chi connectivity index (χ1) is 6.31. The van der Waals surface area contributed by atoms with E-state index in [0.717, 1.165) is 19.5 Å². The van der Waals surface area contributed by atoms with Crippen LogP contribution < -0.4 is 5.32 Å². The maximum absolute atomic E-state index is 10.8. The predicted octanol–water partition coefficient (Wildman–Crippen LogP) is 1.67. The number of rotatable bonds is 7. The highest BCUT2D eigenvalue weighted by Gasteiger charge is 1.99. The van der Waals surface area contributed by atoms with Gasteiger partial charge in [-0.3, -0.25) is 4.79 Å². The van der Waals surface area contributed by atoms with Crippen molar-refractivity contribution in [2.24, 2.45) is 0 Å². The third-order valence-electron chi connectivity index (χ3n) is 1.39. The van der Waals surface area contributed by atoms with E-state index in [1.165, 1.54) is 5.54 Å². The number of halogens is 1. The summed E-state index contributed by atoms with van der Waals surface area (Å²) in [6.45, 7) is 3.81. The van der Waals surface area contributed by atoms with Gasteiger partial charge in [-0.2, -0.15) is 0 Å². The SMILES string of the molecule is CCOC(=O)CCCNCC=CCl. The smallest absolute Gasteiger partial charge is 0.305 e. The zero-order chi connectivity index (χ0) is 9.94. The van der Waals surface area contributed by atoms with Crippen LogP contribution in [0.5, 0.6) is 0 Å². The Balaban J connectivity index is 3.11. The van der Waals surface area contributed by atoms with Crippen molar-refractivity contribution in [1.29, 1.82) is 0 Å². The topological polar surface area (TPSA) is 38.3 Å². The summed E-state index contributed by atoms with van der Waals surface area (Å²) >= 11 is 5.31. The molecule has 76 valence electrons. The van der Waals surface area contributed by atoms with E-state index in [2.05, 4.69) is 5.32 Å². The molecule has 0 aliphatic rings. The van der Waals surface area contributed by atoms with Crippen molar-refractivity contribution >= 4 is 17.6 Å². The summed E-state index contributed by atoms with van der Waals surface area (Å²) in [6.07, 6.45) is 3.09. The number of esters is 1. The molecule has 0 saturated carbocycles. The van der Waals surface area contributed by atoms with E-state index >= 15 is 0 Å². The minimum Gasteiger partial charge on any atom is -0.466 e. The molecular weight excluding hydrogens is 190 g/mol. The second-order valence-corrected chi connectivity index (χ2v) is 2.73. The normalized spacial score (nSPS) is 10.6. The van der Waals surface area contributed by atoms with Crippen molar-refractivity contribution in [1.82, 2.24) is 5.32 Å². The standard InChI is InChI=1S/C9H16ClNO2/c1-2-13-9(12)5-3-7-11-8-4-6-10/h4,6,11H,2-3,5,7-8H2,1H3. The fourth-order valence-electron chi connectivity index (χ4n) is 0.821. The fourth-order valence-corrected chi connectivity index (χ4v) is 0.910. The summed E-state index contributed by atoms with van der Waals surface area (Å²) in [7, 11) is 0. The Bertz CT molecular complexity index is 160. The molecule has 0 amide bonds. The van der Waals surface area contributed by atoms with Gasteiger partial charge in [0.25, 0.3) is 0 Å². The third kappa shape index (κ3) is 9.37. The van der Waals surface area contributed by atoms with E-state index in [0.29, 0.717) is 13.0 Å². The maximum atomic E-state index is 10.8.